The number of rotatable bonds is 4. The van der Waals surface area contributed by atoms with Crippen molar-refractivity contribution in [3.8, 4) is 34.3 Å². The van der Waals surface area contributed by atoms with E-state index in [9.17, 15) is 5.26 Å². The Hall–Kier alpha value is -7.86. The Labute approximate surface area is 316 Å². The van der Waals surface area contributed by atoms with Crippen LogP contribution in [0.1, 0.15) is 5.56 Å². The van der Waals surface area contributed by atoms with Gasteiger partial charge >= 0.3 is 0 Å². The van der Waals surface area contributed by atoms with Crippen LogP contribution in [-0.2, 0) is 0 Å². The highest BCUT2D eigenvalue weighted by atomic mass is 15.0. The second-order valence-corrected chi connectivity index (χ2v) is 14.0. The molecule has 5 heteroatoms. The van der Waals surface area contributed by atoms with Gasteiger partial charge in [-0.3, -0.25) is 0 Å². The van der Waals surface area contributed by atoms with Crippen molar-refractivity contribution >= 4 is 71.1 Å². The van der Waals surface area contributed by atoms with Crippen LogP contribution in [0.4, 0.5) is 5.69 Å². The van der Waals surface area contributed by atoms with Gasteiger partial charge in [0.05, 0.1) is 57.0 Å². The third-order valence-corrected chi connectivity index (χ3v) is 11.1. The lowest BCUT2D eigenvalue weighted by atomic mass is 10.0. The van der Waals surface area contributed by atoms with Gasteiger partial charge in [0, 0.05) is 43.9 Å². The highest BCUT2D eigenvalue weighted by Crippen LogP contribution is 2.41. The maximum Gasteiger partial charge on any atom is 0.188 e. The summed E-state index contributed by atoms with van der Waals surface area (Å²) in [5.41, 5.74) is 12.9. The minimum absolute atomic E-state index is 0.595. The van der Waals surface area contributed by atoms with E-state index in [1.54, 1.807) is 0 Å². The van der Waals surface area contributed by atoms with Gasteiger partial charge in [-0.2, -0.15) is 5.26 Å². The standard InChI is InChI=1S/C50H29N5/c1-52-34-22-26-48-43(29-34)41-16-5-8-19-46(41)53(48)35-12-10-11-33(28-35)37-24-21-32(31-51)27-49(37)55-47-20-9-4-15-40(47)42-25-23-36(30-50(42)55)54-44-17-6-2-13-38(44)39-14-3-7-18-45(39)54/h2-30H. The summed E-state index contributed by atoms with van der Waals surface area (Å²) in [6.07, 6.45) is 0. The van der Waals surface area contributed by atoms with Crippen LogP contribution in [-0.4, -0.2) is 13.7 Å². The highest BCUT2D eigenvalue weighted by Gasteiger charge is 2.20. The van der Waals surface area contributed by atoms with Gasteiger partial charge in [-0.05, 0) is 83.7 Å². The average Bonchev–Trinajstić information content (AvgIpc) is 3.88. The van der Waals surface area contributed by atoms with Crippen molar-refractivity contribution in [3.05, 3.63) is 193 Å². The Bertz CT molecular complexity index is 3420. The lowest BCUT2D eigenvalue weighted by molar-refractivity contribution is 1.15. The van der Waals surface area contributed by atoms with Crippen LogP contribution in [0.2, 0.25) is 0 Å². The summed E-state index contributed by atoms with van der Waals surface area (Å²) in [6, 6.07) is 63.8. The number of hydrogen-bond donors (Lipinski definition) is 0. The van der Waals surface area contributed by atoms with Gasteiger partial charge in [0.2, 0.25) is 0 Å². The molecule has 0 bridgehead atoms. The molecule has 0 atom stereocenters. The number of hydrogen-bond acceptors (Lipinski definition) is 1. The van der Waals surface area contributed by atoms with Crippen LogP contribution in [0.5, 0.6) is 0 Å². The Morgan fingerprint density at radius 3 is 1.58 bits per heavy atom. The van der Waals surface area contributed by atoms with E-state index in [0.29, 0.717) is 11.3 Å². The van der Waals surface area contributed by atoms with Crippen LogP contribution in [0.25, 0.3) is 98.5 Å². The fourth-order valence-electron chi connectivity index (χ4n) is 8.71. The summed E-state index contributed by atoms with van der Waals surface area (Å²) in [5.74, 6) is 0. The molecule has 5 nitrogen and oxygen atoms in total. The van der Waals surface area contributed by atoms with Crippen molar-refractivity contribution in [2.75, 3.05) is 0 Å². The van der Waals surface area contributed by atoms with Gasteiger partial charge in [0.1, 0.15) is 0 Å². The van der Waals surface area contributed by atoms with E-state index in [0.717, 1.165) is 82.8 Å². The summed E-state index contributed by atoms with van der Waals surface area (Å²) in [5, 5.41) is 17.1. The zero-order valence-corrected chi connectivity index (χ0v) is 29.5. The van der Waals surface area contributed by atoms with Gasteiger partial charge in [-0.25, -0.2) is 4.85 Å². The molecule has 0 amide bonds. The molecule has 0 aliphatic rings. The van der Waals surface area contributed by atoms with Crippen molar-refractivity contribution in [3.63, 3.8) is 0 Å². The van der Waals surface area contributed by atoms with Gasteiger partial charge in [-0.15, -0.1) is 0 Å². The normalized spacial score (nSPS) is 11.6. The lowest BCUT2D eigenvalue weighted by Gasteiger charge is -2.17. The SMILES string of the molecule is [C-]#[N+]c1ccc2c(c1)c1ccccc1n2-c1cccc(-c2ccc(C#N)cc2-n2c3ccccc3c3ccc(-n4c5ccccc5c5ccccc54)cc32)c1. The minimum atomic E-state index is 0.595. The molecule has 0 radical (unpaired) electrons. The number of para-hydroxylation sites is 4. The van der Waals surface area contributed by atoms with E-state index in [1.165, 1.54) is 10.8 Å². The predicted molar refractivity (Wildman–Crippen MR) is 226 cm³/mol. The minimum Gasteiger partial charge on any atom is -0.309 e. The van der Waals surface area contributed by atoms with Crippen LogP contribution in [0.3, 0.4) is 0 Å². The van der Waals surface area contributed by atoms with Crippen molar-refractivity contribution in [1.29, 1.82) is 5.26 Å². The molecule has 254 valence electrons. The van der Waals surface area contributed by atoms with Crippen LogP contribution in [0.15, 0.2) is 176 Å². The Morgan fingerprint density at radius 2 is 0.964 bits per heavy atom. The molecule has 0 unspecified atom stereocenters. The Kier molecular flexibility index (Phi) is 6.61. The Morgan fingerprint density at radius 1 is 0.418 bits per heavy atom. The molecule has 0 spiro atoms. The van der Waals surface area contributed by atoms with Crippen LogP contribution >= 0.6 is 0 Å². The fourth-order valence-corrected chi connectivity index (χ4v) is 8.71. The third-order valence-electron chi connectivity index (χ3n) is 11.1. The molecule has 11 aromatic rings. The predicted octanol–water partition coefficient (Wildman–Crippen LogP) is 13.1. The zero-order chi connectivity index (χ0) is 36.6. The number of nitriles is 1. The molecule has 0 aliphatic heterocycles. The van der Waals surface area contributed by atoms with Crippen molar-refractivity contribution in [2.24, 2.45) is 0 Å². The number of aromatic nitrogens is 3. The third kappa shape index (κ3) is 4.51. The first-order chi connectivity index (χ1) is 27.2. The summed E-state index contributed by atoms with van der Waals surface area (Å²) in [7, 11) is 0. The van der Waals surface area contributed by atoms with Crippen molar-refractivity contribution in [1.82, 2.24) is 13.7 Å². The molecule has 55 heavy (non-hydrogen) atoms. The van der Waals surface area contributed by atoms with E-state index >= 15 is 0 Å². The Balaban J connectivity index is 1.17. The molecule has 11 rings (SSSR count). The largest absolute Gasteiger partial charge is 0.309 e. The molecule has 0 N–H and O–H groups in total. The van der Waals surface area contributed by atoms with E-state index < -0.39 is 0 Å². The lowest BCUT2D eigenvalue weighted by Crippen LogP contribution is -2.00. The van der Waals surface area contributed by atoms with Gasteiger partial charge < -0.3 is 13.7 Å². The molecule has 3 heterocycles. The molecular formula is C50H29N5. The van der Waals surface area contributed by atoms with Crippen molar-refractivity contribution in [2.45, 2.75) is 0 Å². The van der Waals surface area contributed by atoms with E-state index in [4.69, 9.17) is 6.57 Å². The summed E-state index contributed by atoms with van der Waals surface area (Å²) < 4.78 is 6.97. The van der Waals surface area contributed by atoms with E-state index in [1.807, 2.05) is 24.3 Å². The monoisotopic (exact) mass is 699 g/mol. The second-order valence-electron chi connectivity index (χ2n) is 14.0. The second kappa shape index (κ2) is 11.8. The first-order valence-electron chi connectivity index (χ1n) is 18.3. The van der Waals surface area contributed by atoms with Gasteiger partial charge in [0.15, 0.2) is 5.69 Å². The first kappa shape index (κ1) is 30.7. The summed E-state index contributed by atoms with van der Waals surface area (Å²) in [6.45, 7) is 7.64. The quantitative estimate of drug-likeness (QED) is 0.169. The molecule has 0 saturated carbocycles. The number of nitrogens with zero attached hydrogens (tertiary/aromatic N) is 5. The maximum absolute atomic E-state index is 10.2. The van der Waals surface area contributed by atoms with Crippen LogP contribution in [0, 0.1) is 17.9 Å². The van der Waals surface area contributed by atoms with E-state index in [-0.39, 0.29) is 0 Å². The number of benzene rings is 8. The highest BCUT2D eigenvalue weighted by molar-refractivity contribution is 6.13. The first-order valence-corrected chi connectivity index (χ1v) is 18.3. The fraction of sp³-hybridized carbons (Fsp3) is 0. The van der Waals surface area contributed by atoms with Crippen molar-refractivity contribution < 1.29 is 0 Å². The van der Waals surface area contributed by atoms with E-state index in [2.05, 4.69) is 176 Å². The zero-order valence-electron chi connectivity index (χ0n) is 29.5. The summed E-state index contributed by atoms with van der Waals surface area (Å²) >= 11 is 0. The topological polar surface area (TPSA) is 42.9 Å². The summed E-state index contributed by atoms with van der Waals surface area (Å²) in [4.78, 5) is 3.72. The molecule has 0 saturated heterocycles. The maximum atomic E-state index is 10.2. The molecule has 0 fully saturated rings. The van der Waals surface area contributed by atoms with Gasteiger partial charge in [0.25, 0.3) is 0 Å². The smallest absolute Gasteiger partial charge is 0.188 e. The average molecular weight is 700 g/mol. The van der Waals surface area contributed by atoms with Crippen LogP contribution < -0.4 is 0 Å². The molecule has 8 aromatic carbocycles. The molecule has 0 aliphatic carbocycles. The molecular weight excluding hydrogens is 671 g/mol. The van der Waals surface area contributed by atoms with Gasteiger partial charge in [-0.1, -0.05) is 103 Å². The molecule has 3 aromatic heterocycles. The number of fused-ring (bicyclic) bond motifs is 9.